The summed E-state index contributed by atoms with van der Waals surface area (Å²) in [5.41, 5.74) is 0.870. The van der Waals surface area contributed by atoms with E-state index in [0.717, 1.165) is 24.2 Å². The van der Waals surface area contributed by atoms with E-state index in [1.165, 1.54) is 23.8 Å². The Balaban J connectivity index is 2.09. The summed E-state index contributed by atoms with van der Waals surface area (Å²) in [6.07, 6.45) is 3.87. The van der Waals surface area contributed by atoms with E-state index < -0.39 is 12.0 Å². The fourth-order valence-corrected chi connectivity index (χ4v) is 3.65. The second-order valence-corrected chi connectivity index (χ2v) is 7.20. The van der Waals surface area contributed by atoms with Crippen LogP contribution in [-0.4, -0.2) is 40.9 Å². The lowest BCUT2D eigenvalue weighted by molar-refractivity contribution is -0.147. The van der Waals surface area contributed by atoms with E-state index >= 15 is 0 Å². The number of esters is 1. The number of nitrogens with zero attached hydrogens (tertiary/aromatic N) is 1. The Labute approximate surface area is 157 Å². The fourth-order valence-electron chi connectivity index (χ4n) is 2.24. The predicted octanol–water partition coefficient (Wildman–Crippen LogP) is 3.63. The number of thioether (sulfide) groups is 1. The molecule has 0 spiro atoms. The van der Waals surface area contributed by atoms with Gasteiger partial charge in [-0.15, -0.1) is 0 Å². The summed E-state index contributed by atoms with van der Waals surface area (Å²) < 4.78 is 10.7. The Morgan fingerprint density at radius 2 is 2.04 bits per heavy atom. The van der Waals surface area contributed by atoms with Gasteiger partial charge in [-0.25, -0.2) is 4.79 Å². The summed E-state index contributed by atoms with van der Waals surface area (Å²) in [5.74, 6) is 0.0276. The fraction of sp³-hybridized carbons (Fsp3) is 0.389. The molecule has 1 aromatic carbocycles. The first-order chi connectivity index (χ1) is 12.0. The van der Waals surface area contributed by atoms with Crippen molar-refractivity contribution in [2.24, 2.45) is 0 Å². The Morgan fingerprint density at radius 3 is 2.64 bits per heavy atom. The van der Waals surface area contributed by atoms with Crippen LogP contribution in [0.4, 0.5) is 0 Å². The van der Waals surface area contributed by atoms with Crippen molar-refractivity contribution in [1.29, 1.82) is 0 Å². The van der Waals surface area contributed by atoms with Crippen molar-refractivity contribution in [2.75, 3.05) is 13.7 Å². The minimum Gasteiger partial charge on any atom is -0.494 e. The van der Waals surface area contributed by atoms with Crippen LogP contribution in [0.3, 0.4) is 0 Å². The molecule has 0 N–H and O–H groups in total. The molecule has 134 valence electrons. The monoisotopic (exact) mass is 379 g/mol. The maximum Gasteiger partial charge on any atom is 0.328 e. The van der Waals surface area contributed by atoms with Gasteiger partial charge >= 0.3 is 5.97 Å². The zero-order chi connectivity index (χ0) is 18.4. The first kappa shape index (κ1) is 19.5. The molecule has 2 rings (SSSR count). The molecule has 1 aliphatic rings. The molecular weight excluding hydrogens is 358 g/mol. The lowest BCUT2D eigenvalue weighted by Crippen LogP contribution is -2.42. The molecule has 1 aliphatic heterocycles. The summed E-state index contributed by atoms with van der Waals surface area (Å²) in [6, 6.07) is 6.78. The van der Waals surface area contributed by atoms with E-state index in [9.17, 15) is 9.59 Å². The second kappa shape index (κ2) is 9.01. The van der Waals surface area contributed by atoms with Gasteiger partial charge in [0.1, 0.15) is 16.1 Å². The van der Waals surface area contributed by atoms with E-state index in [0.29, 0.717) is 15.8 Å². The number of rotatable bonds is 7. The van der Waals surface area contributed by atoms with Gasteiger partial charge in [0.25, 0.3) is 5.91 Å². The second-order valence-electron chi connectivity index (χ2n) is 5.52. The molecule has 0 aromatic heterocycles. The van der Waals surface area contributed by atoms with Crippen LogP contribution in [0.2, 0.25) is 0 Å². The Morgan fingerprint density at radius 1 is 1.36 bits per heavy atom. The summed E-state index contributed by atoms with van der Waals surface area (Å²) >= 11 is 6.42. The van der Waals surface area contributed by atoms with Gasteiger partial charge < -0.3 is 9.47 Å². The van der Waals surface area contributed by atoms with Crippen molar-refractivity contribution in [1.82, 2.24) is 4.90 Å². The van der Waals surface area contributed by atoms with Gasteiger partial charge in [-0.2, -0.15) is 0 Å². The van der Waals surface area contributed by atoms with E-state index in [-0.39, 0.29) is 5.91 Å². The van der Waals surface area contributed by atoms with Crippen molar-refractivity contribution in [2.45, 2.75) is 32.7 Å². The van der Waals surface area contributed by atoms with Gasteiger partial charge in [-0.3, -0.25) is 9.69 Å². The van der Waals surface area contributed by atoms with Gasteiger partial charge in [0.15, 0.2) is 0 Å². The average molecular weight is 380 g/mol. The molecule has 7 heteroatoms. The summed E-state index contributed by atoms with van der Waals surface area (Å²) in [4.78, 5) is 26.0. The maximum atomic E-state index is 12.5. The maximum absolute atomic E-state index is 12.5. The number of carbonyl (C=O) groups excluding carboxylic acids is 2. The first-order valence-electron chi connectivity index (χ1n) is 8.05. The molecule has 1 aromatic rings. The third kappa shape index (κ3) is 4.83. The highest BCUT2D eigenvalue weighted by Gasteiger charge is 2.38. The van der Waals surface area contributed by atoms with E-state index in [1.807, 2.05) is 24.3 Å². The molecule has 5 nitrogen and oxygen atoms in total. The molecule has 1 saturated heterocycles. The number of thiocarbonyl (C=S) groups is 1. The average Bonchev–Trinajstić information content (AvgIpc) is 2.89. The standard InChI is InChI=1S/C18H21NO4S2/c1-4-5-10-23-14-8-6-13(7-9-14)11-15-16(20)19(18(24)25-15)12(2)17(21)22-3/h6-9,11-12H,4-5,10H2,1-3H3. The van der Waals surface area contributed by atoms with Crippen LogP contribution in [0.15, 0.2) is 29.2 Å². The van der Waals surface area contributed by atoms with Crippen LogP contribution in [0, 0.1) is 0 Å². The molecule has 0 bridgehead atoms. The van der Waals surface area contributed by atoms with Crippen LogP contribution in [0.1, 0.15) is 32.3 Å². The molecule has 0 radical (unpaired) electrons. The molecule has 1 heterocycles. The number of hydrogen-bond acceptors (Lipinski definition) is 6. The zero-order valence-corrected chi connectivity index (χ0v) is 16.1. The smallest absolute Gasteiger partial charge is 0.328 e. The number of ether oxygens (including phenoxy) is 2. The molecular formula is C18H21NO4S2. The zero-order valence-electron chi connectivity index (χ0n) is 14.5. The number of unbranched alkanes of at least 4 members (excludes halogenated alkanes) is 1. The largest absolute Gasteiger partial charge is 0.494 e. The van der Waals surface area contributed by atoms with Crippen LogP contribution in [0.25, 0.3) is 6.08 Å². The minimum atomic E-state index is -0.738. The van der Waals surface area contributed by atoms with Crippen molar-refractivity contribution in [3.63, 3.8) is 0 Å². The highest BCUT2D eigenvalue weighted by Crippen LogP contribution is 2.34. The normalized spacial score (nSPS) is 17.1. The highest BCUT2D eigenvalue weighted by atomic mass is 32.2. The third-order valence-corrected chi connectivity index (χ3v) is 5.03. The van der Waals surface area contributed by atoms with Crippen molar-refractivity contribution in [3.8, 4) is 5.75 Å². The lowest BCUT2D eigenvalue weighted by Gasteiger charge is -2.20. The van der Waals surface area contributed by atoms with E-state index in [2.05, 4.69) is 6.92 Å². The van der Waals surface area contributed by atoms with Crippen LogP contribution in [0.5, 0.6) is 5.75 Å². The number of carbonyl (C=O) groups is 2. The van der Waals surface area contributed by atoms with Crippen molar-refractivity contribution >= 4 is 46.3 Å². The van der Waals surface area contributed by atoms with E-state index in [4.69, 9.17) is 21.7 Å². The van der Waals surface area contributed by atoms with Crippen LogP contribution >= 0.6 is 24.0 Å². The first-order valence-corrected chi connectivity index (χ1v) is 9.28. The van der Waals surface area contributed by atoms with Gasteiger partial charge in [0.05, 0.1) is 18.6 Å². The quantitative estimate of drug-likeness (QED) is 0.312. The Bertz CT molecular complexity index is 685. The van der Waals surface area contributed by atoms with Gasteiger partial charge in [0, 0.05) is 0 Å². The van der Waals surface area contributed by atoms with Crippen LogP contribution < -0.4 is 4.74 Å². The van der Waals surface area contributed by atoms with Gasteiger partial charge in [-0.1, -0.05) is 49.5 Å². The Kier molecular flexibility index (Phi) is 7.01. The number of amides is 1. The molecule has 1 fully saturated rings. The molecule has 0 saturated carbocycles. The number of hydrogen-bond donors (Lipinski definition) is 0. The summed E-state index contributed by atoms with van der Waals surface area (Å²) in [6.45, 7) is 4.41. The molecule has 25 heavy (non-hydrogen) atoms. The van der Waals surface area contributed by atoms with Crippen molar-refractivity contribution < 1.29 is 19.1 Å². The highest BCUT2D eigenvalue weighted by molar-refractivity contribution is 8.26. The van der Waals surface area contributed by atoms with Crippen LogP contribution in [-0.2, 0) is 14.3 Å². The van der Waals surface area contributed by atoms with Gasteiger partial charge in [0.2, 0.25) is 0 Å². The van der Waals surface area contributed by atoms with Gasteiger partial charge in [-0.05, 0) is 37.1 Å². The molecule has 1 unspecified atom stereocenters. The van der Waals surface area contributed by atoms with Crippen molar-refractivity contribution in [3.05, 3.63) is 34.7 Å². The topological polar surface area (TPSA) is 55.8 Å². The molecule has 1 amide bonds. The predicted molar refractivity (Wildman–Crippen MR) is 103 cm³/mol. The minimum absolute atomic E-state index is 0.281. The number of benzene rings is 1. The lowest BCUT2D eigenvalue weighted by atomic mass is 10.2. The summed E-state index contributed by atoms with van der Waals surface area (Å²) in [7, 11) is 1.29. The summed E-state index contributed by atoms with van der Waals surface area (Å²) in [5, 5.41) is 0. The number of methoxy groups -OCH3 is 1. The van der Waals surface area contributed by atoms with E-state index in [1.54, 1.807) is 13.0 Å². The Hall–Kier alpha value is -1.86. The third-order valence-electron chi connectivity index (χ3n) is 3.70. The SMILES string of the molecule is CCCCOc1ccc(C=C2SC(=S)N(C(C)C(=O)OC)C2=O)cc1. The molecule has 1 atom stereocenters. The molecule has 0 aliphatic carbocycles.